The molecule has 1 fully saturated rings. The minimum Gasteiger partial charge on any atom is -0.337 e. The number of nitrogen functional groups attached to an aromatic ring is 1. The summed E-state index contributed by atoms with van der Waals surface area (Å²) in [6, 6.07) is 3.95. The molecule has 0 aliphatic heterocycles. The van der Waals surface area contributed by atoms with Crippen LogP contribution in [0.15, 0.2) is 18.2 Å². The minimum absolute atomic E-state index is 0.0292. The van der Waals surface area contributed by atoms with Gasteiger partial charge in [-0.3, -0.25) is 0 Å². The Morgan fingerprint density at radius 2 is 1.90 bits per heavy atom. The Hall–Kier alpha value is -2.28. The molecule has 2 aromatic rings. The average Bonchev–Trinajstić information content (AvgIpc) is 3.30. The van der Waals surface area contributed by atoms with E-state index in [2.05, 4.69) is 20.7 Å². The predicted molar refractivity (Wildman–Crippen MR) is 76.2 cm³/mol. The molecular weight excluding hydrogens is 276 g/mol. The van der Waals surface area contributed by atoms with Gasteiger partial charge >= 0.3 is 0 Å². The van der Waals surface area contributed by atoms with E-state index in [0.717, 1.165) is 18.9 Å². The number of nitrogens with one attached hydrogen (secondary N) is 2. The van der Waals surface area contributed by atoms with Crippen molar-refractivity contribution in [3.63, 3.8) is 0 Å². The van der Waals surface area contributed by atoms with Crippen molar-refractivity contribution < 1.29 is 8.78 Å². The molecule has 0 spiro atoms. The zero-order chi connectivity index (χ0) is 15.0. The second kappa shape index (κ2) is 5.25. The van der Waals surface area contributed by atoms with Gasteiger partial charge in [-0.15, -0.1) is 0 Å². The van der Waals surface area contributed by atoms with Gasteiger partial charge < -0.3 is 10.7 Å². The summed E-state index contributed by atoms with van der Waals surface area (Å²) in [7, 11) is 0. The first-order valence-electron chi connectivity index (χ1n) is 6.66. The third-order valence-corrected chi connectivity index (χ3v) is 3.45. The number of anilines is 3. The Kier molecular flexibility index (Phi) is 3.42. The summed E-state index contributed by atoms with van der Waals surface area (Å²) in [6.45, 7) is 1.76. The fourth-order valence-electron chi connectivity index (χ4n) is 2.05. The molecule has 0 amide bonds. The highest BCUT2D eigenvalue weighted by Gasteiger charge is 2.28. The Labute approximate surface area is 120 Å². The molecule has 0 bridgehead atoms. The Balaban J connectivity index is 2.01. The van der Waals surface area contributed by atoms with Crippen molar-refractivity contribution in [2.45, 2.75) is 25.7 Å². The van der Waals surface area contributed by atoms with E-state index in [9.17, 15) is 8.78 Å². The van der Waals surface area contributed by atoms with Crippen LogP contribution in [0.5, 0.6) is 0 Å². The van der Waals surface area contributed by atoms with Gasteiger partial charge in [-0.05, 0) is 31.9 Å². The average molecular weight is 291 g/mol. The molecule has 0 atom stereocenters. The number of aromatic nitrogens is 2. The summed E-state index contributed by atoms with van der Waals surface area (Å²) >= 11 is 0. The van der Waals surface area contributed by atoms with Crippen molar-refractivity contribution in [3.05, 3.63) is 41.2 Å². The van der Waals surface area contributed by atoms with Gasteiger partial charge in [0.25, 0.3) is 0 Å². The minimum atomic E-state index is -0.939. The van der Waals surface area contributed by atoms with Gasteiger partial charge in [-0.1, -0.05) is 6.07 Å². The van der Waals surface area contributed by atoms with Gasteiger partial charge in [-0.2, -0.15) is 0 Å². The fraction of sp³-hybridized carbons (Fsp3) is 0.286. The summed E-state index contributed by atoms with van der Waals surface area (Å²) in [6.07, 6.45) is 2.06. The van der Waals surface area contributed by atoms with Gasteiger partial charge in [-0.25, -0.2) is 24.6 Å². The fourth-order valence-corrected chi connectivity index (χ4v) is 2.05. The third-order valence-electron chi connectivity index (χ3n) is 3.45. The molecule has 3 rings (SSSR count). The number of nitrogens with two attached hydrogens (primary N) is 1. The zero-order valence-corrected chi connectivity index (χ0v) is 11.5. The number of rotatable bonds is 4. The summed E-state index contributed by atoms with van der Waals surface area (Å²) in [5, 5.41) is 2.82. The Morgan fingerprint density at radius 3 is 2.57 bits per heavy atom. The molecule has 1 aliphatic rings. The van der Waals surface area contributed by atoms with Gasteiger partial charge in [0.2, 0.25) is 0 Å². The molecule has 7 heteroatoms. The molecule has 0 unspecified atom stereocenters. The number of hydrogen-bond acceptors (Lipinski definition) is 5. The molecule has 1 heterocycles. The second-order valence-corrected chi connectivity index (χ2v) is 5.05. The quantitative estimate of drug-likeness (QED) is 0.596. The third kappa shape index (κ3) is 2.64. The normalized spacial score (nSPS) is 14.1. The van der Waals surface area contributed by atoms with E-state index in [4.69, 9.17) is 5.84 Å². The first-order valence-corrected chi connectivity index (χ1v) is 6.66. The maximum absolute atomic E-state index is 13.8. The maximum Gasteiger partial charge on any atom is 0.182 e. The lowest BCUT2D eigenvalue weighted by Gasteiger charge is -2.14. The Morgan fingerprint density at radius 1 is 1.19 bits per heavy atom. The highest BCUT2D eigenvalue weighted by Crippen LogP contribution is 2.39. The summed E-state index contributed by atoms with van der Waals surface area (Å²) < 4.78 is 27.0. The van der Waals surface area contributed by atoms with Crippen molar-refractivity contribution in [2.24, 2.45) is 5.84 Å². The molecular formula is C14H15F2N5. The second-order valence-electron chi connectivity index (χ2n) is 5.05. The van der Waals surface area contributed by atoms with Crippen LogP contribution in [0.1, 0.15) is 30.1 Å². The van der Waals surface area contributed by atoms with Crippen molar-refractivity contribution in [2.75, 3.05) is 10.7 Å². The molecule has 0 saturated heterocycles. The van der Waals surface area contributed by atoms with E-state index in [1.165, 1.54) is 12.1 Å². The molecule has 4 N–H and O–H groups in total. The lowest BCUT2D eigenvalue weighted by molar-refractivity contribution is 0.511. The van der Waals surface area contributed by atoms with Crippen molar-refractivity contribution in [1.82, 2.24) is 9.97 Å². The van der Waals surface area contributed by atoms with Crippen molar-refractivity contribution in [1.29, 1.82) is 0 Å². The molecule has 0 radical (unpaired) electrons. The molecule has 1 aliphatic carbocycles. The molecule has 110 valence electrons. The number of nitrogens with zero attached hydrogens (tertiary/aromatic N) is 2. The van der Waals surface area contributed by atoms with Crippen LogP contribution in [0.3, 0.4) is 0 Å². The van der Waals surface area contributed by atoms with Crippen molar-refractivity contribution in [3.8, 4) is 0 Å². The highest BCUT2D eigenvalue weighted by molar-refractivity contribution is 5.65. The predicted octanol–water partition coefficient (Wildman–Crippen LogP) is 2.97. The molecule has 21 heavy (non-hydrogen) atoms. The molecule has 1 aromatic heterocycles. The topological polar surface area (TPSA) is 75.9 Å². The van der Waals surface area contributed by atoms with Crippen LogP contribution in [-0.2, 0) is 0 Å². The van der Waals surface area contributed by atoms with Crippen LogP contribution < -0.4 is 16.6 Å². The smallest absolute Gasteiger partial charge is 0.182 e. The van der Waals surface area contributed by atoms with Crippen LogP contribution in [0, 0.1) is 18.6 Å². The van der Waals surface area contributed by atoms with Crippen LogP contribution in [0.25, 0.3) is 0 Å². The van der Waals surface area contributed by atoms with Gasteiger partial charge in [0.05, 0.1) is 5.69 Å². The zero-order valence-electron chi connectivity index (χ0n) is 11.5. The van der Waals surface area contributed by atoms with E-state index in [0.29, 0.717) is 28.9 Å². The van der Waals surface area contributed by atoms with Gasteiger partial charge in [0.15, 0.2) is 11.6 Å². The van der Waals surface area contributed by atoms with Crippen LogP contribution in [-0.4, -0.2) is 9.97 Å². The van der Waals surface area contributed by atoms with E-state index in [-0.39, 0.29) is 5.69 Å². The van der Waals surface area contributed by atoms with Gasteiger partial charge in [0, 0.05) is 11.5 Å². The number of hydrazine groups is 1. The first-order chi connectivity index (χ1) is 10.1. The largest absolute Gasteiger partial charge is 0.337 e. The number of hydrogen-bond donors (Lipinski definition) is 3. The van der Waals surface area contributed by atoms with E-state index in [1.807, 2.05) is 0 Å². The summed E-state index contributed by atoms with van der Waals surface area (Å²) in [5.41, 5.74) is 3.18. The first kappa shape index (κ1) is 13.7. The van der Waals surface area contributed by atoms with Crippen LogP contribution in [0.2, 0.25) is 0 Å². The lowest BCUT2D eigenvalue weighted by atomic mass is 10.2. The highest BCUT2D eigenvalue weighted by atomic mass is 19.2. The molecule has 1 saturated carbocycles. The maximum atomic E-state index is 13.8. The summed E-state index contributed by atoms with van der Waals surface area (Å²) in [5.74, 6) is 5.48. The SMILES string of the molecule is Cc1c(NN)nc(C2CC2)nc1Nc1cccc(F)c1F. The van der Waals surface area contributed by atoms with Gasteiger partial charge in [0.1, 0.15) is 17.5 Å². The number of halogens is 2. The monoisotopic (exact) mass is 291 g/mol. The number of benzene rings is 1. The van der Waals surface area contributed by atoms with E-state index in [1.54, 1.807) is 6.92 Å². The van der Waals surface area contributed by atoms with Crippen LogP contribution >= 0.6 is 0 Å². The molecule has 5 nitrogen and oxygen atoms in total. The standard InChI is InChI=1S/C14H15F2N5/c1-7-12(18-10-4-2-3-9(15)11(10)16)19-14(8-5-6-8)20-13(7)21-17/h2-4,8H,5-6,17H2,1H3,(H2,18,19,20,21). The Bertz CT molecular complexity index is 685. The van der Waals surface area contributed by atoms with E-state index >= 15 is 0 Å². The van der Waals surface area contributed by atoms with Crippen LogP contribution in [0.4, 0.5) is 26.1 Å². The van der Waals surface area contributed by atoms with E-state index < -0.39 is 11.6 Å². The van der Waals surface area contributed by atoms with Crippen molar-refractivity contribution >= 4 is 17.3 Å². The molecule has 1 aromatic carbocycles. The summed E-state index contributed by atoms with van der Waals surface area (Å²) in [4.78, 5) is 8.74. The lowest BCUT2D eigenvalue weighted by Crippen LogP contribution is -2.14.